The number of halogens is 3. The van der Waals surface area contributed by atoms with Crippen molar-refractivity contribution in [2.75, 3.05) is 0 Å². The van der Waals surface area contributed by atoms with E-state index in [1.165, 1.54) is 17.7 Å². The van der Waals surface area contributed by atoms with E-state index in [0.717, 1.165) is 17.7 Å². The van der Waals surface area contributed by atoms with Crippen LogP contribution in [0.5, 0.6) is 5.75 Å². The zero-order valence-electron chi connectivity index (χ0n) is 15.7. The van der Waals surface area contributed by atoms with Crippen LogP contribution in [0.15, 0.2) is 72.8 Å². The van der Waals surface area contributed by atoms with Crippen LogP contribution in [-0.4, -0.2) is 0 Å². The number of ether oxygens (including phenoxy) is 1. The molecule has 0 radical (unpaired) electrons. The molecule has 29 heavy (non-hydrogen) atoms. The number of hydrogen-bond donors (Lipinski definition) is 0. The summed E-state index contributed by atoms with van der Waals surface area (Å²) in [5, 5.41) is 9.44. The monoisotopic (exact) mass is 393 g/mol. The Balaban J connectivity index is 1.70. The molecular weight excluding hydrogens is 375 g/mol. The highest BCUT2D eigenvalue weighted by atomic mass is 19.4. The maximum atomic E-state index is 12.7. The van der Waals surface area contributed by atoms with Crippen LogP contribution in [0.1, 0.15) is 27.8 Å². The van der Waals surface area contributed by atoms with Gasteiger partial charge in [0.2, 0.25) is 0 Å². The van der Waals surface area contributed by atoms with Gasteiger partial charge in [-0.25, -0.2) is 0 Å². The molecule has 0 unspecified atom stereocenters. The minimum absolute atomic E-state index is 0.356. The van der Waals surface area contributed by atoms with Gasteiger partial charge in [-0.05, 0) is 66.1 Å². The van der Waals surface area contributed by atoms with Gasteiger partial charge in [0.1, 0.15) is 12.4 Å². The molecule has 0 bridgehead atoms. The summed E-state index contributed by atoms with van der Waals surface area (Å²) in [4.78, 5) is 0. The van der Waals surface area contributed by atoms with Gasteiger partial charge in [-0.1, -0.05) is 42.0 Å². The lowest BCUT2D eigenvalue weighted by Crippen LogP contribution is -2.03. The molecule has 146 valence electrons. The lowest BCUT2D eigenvalue weighted by Gasteiger charge is -2.08. The predicted octanol–water partition coefficient (Wildman–Crippen LogP) is 6.66. The fraction of sp³-hybridized carbons (Fsp3) is 0.125. The number of benzene rings is 3. The second-order valence-electron chi connectivity index (χ2n) is 6.59. The normalized spacial score (nSPS) is 11.8. The maximum Gasteiger partial charge on any atom is 0.416 e. The van der Waals surface area contributed by atoms with Crippen LogP contribution in [0, 0.1) is 18.3 Å². The molecule has 0 heterocycles. The summed E-state index contributed by atoms with van der Waals surface area (Å²) >= 11 is 0. The SMILES string of the molecule is Cc1ccc(COc2ccc(C(C#N)=Cc3ccc(C(F)(F)F)cc3)cc2)cc1. The van der Waals surface area contributed by atoms with Gasteiger partial charge in [0.05, 0.1) is 17.2 Å². The van der Waals surface area contributed by atoms with E-state index >= 15 is 0 Å². The van der Waals surface area contributed by atoms with Crippen molar-refractivity contribution in [3.63, 3.8) is 0 Å². The summed E-state index contributed by atoms with van der Waals surface area (Å²) in [7, 11) is 0. The Kier molecular flexibility index (Phi) is 6.04. The molecule has 0 aliphatic rings. The van der Waals surface area contributed by atoms with Crippen LogP contribution >= 0.6 is 0 Å². The van der Waals surface area contributed by atoms with E-state index in [9.17, 15) is 18.4 Å². The van der Waals surface area contributed by atoms with Crippen molar-refractivity contribution >= 4 is 11.6 Å². The van der Waals surface area contributed by atoms with Crippen molar-refractivity contribution in [1.82, 2.24) is 0 Å². The molecule has 0 amide bonds. The Morgan fingerprint density at radius 1 is 0.931 bits per heavy atom. The number of rotatable bonds is 5. The molecule has 3 rings (SSSR count). The quantitative estimate of drug-likeness (QED) is 0.359. The fourth-order valence-electron chi connectivity index (χ4n) is 2.70. The summed E-state index contributed by atoms with van der Waals surface area (Å²) in [5.41, 5.74) is 3.06. The van der Waals surface area contributed by atoms with E-state index in [1.807, 2.05) is 31.2 Å². The molecule has 0 spiro atoms. The third-order valence-corrected chi connectivity index (χ3v) is 4.36. The van der Waals surface area contributed by atoms with Gasteiger partial charge in [0, 0.05) is 0 Å². The molecule has 0 atom stereocenters. The molecule has 3 aromatic carbocycles. The molecule has 0 aliphatic heterocycles. The van der Waals surface area contributed by atoms with Crippen molar-refractivity contribution in [3.8, 4) is 11.8 Å². The number of nitriles is 1. The second kappa shape index (κ2) is 8.66. The van der Waals surface area contributed by atoms with Gasteiger partial charge < -0.3 is 4.74 Å². The Labute approximate surface area is 167 Å². The second-order valence-corrected chi connectivity index (χ2v) is 6.59. The van der Waals surface area contributed by atoms with E-state index in [1.54, 1.807) is 30.3 Å². The smallest absolute Gasteiger partial charge is 0.416 e. The first-order valence-electron chi connectivity index (χ1n) is 8.93. The van der Waals surface area contributed by atoms with Crippen molar-refractivity contribution < 1.29 is 17.9 Å². The lowest BCUT2D eigenvalue weighted by atomic mass is 10.0. The Bertz CT molecular complexity index is 1030. The van der Waals surface area contributed by atoms with Crippen molar-refractivity contribution in [1.29, 1.82) is 5.26 Å². The van der Waals surface area contributed by atoms with Crippen LogP contribution in [0.2, 0.25) is 0 Å². The van der Waals surface area contributed by atoms with Crippen molar-refractivity contribution in [2.45, 2.75) is 19.7 Å². The summed E-state index contributed by atoms with van der Waals surface area (Å²) in [6.45, 7) is 2.46. The first-order chi connectivity index (χ1) is 13.8. The zero-order chi connectivity index (χ0) is 20.9. The van der Waals surface area contributed by atoms with Gasteiger partial charge in [-0.2, -0.15) is 18.4 Å². The number of alkyl halides is 3. The number of nitrogens with zero attached hydrogens (tertiary/aromatic N) is 1. The standard InChI is InChI=1S/C24H18F3NO/c1-17-2-4-19(5-3-17)16-29-23-12-8-20(9-13-23)21(15-28)14-18-6-10-22(11-7-18)24(25,26)27/h2-14H,16H2,1H3. The number of hydrogen-bond acceptors (Lipinski definition) is 2. The Hall–Kier alpha value is -3.52. The van der Waals surface area contributed by atoms with E-state index in [2.05, 4.69) is 6.07 Å². The van der Waals surface area contributed by atoms with E-state index in [-0.39, 0.29) is 0 Å². The summed E-state index contributed by atoms with van der Waals surface area (Å²) < 4.78 is 43.7. The maximum absolute atomic E-state index is 12.7. The average molecular weight is 393 g/mol. The Morgan fingerprint density at radius 2 is 1.55 bits per heavy atom. The Morgan fingerprint density at radius 3 is 2.10 bits per heavy atom. The highest BCUT2D eigenvalue weighted by Gasteiger charge is 2.29. The van der Waals surface area contributed by atoms with Gasteiger partial charge in [0.25, 0.3) is 0 Å². The van der Waals surface area contributed by atoms with Gasteiger partial charge in [-0.15, -0.1) is 0 Å². The predicted molar refractivity (Wildman–Crippen MR) is 107 cm³/mol. The van der Waals surface area contributed by atoms with Crippen LogP contribution in [0.3, 0.4) is 0 Å². The molecule has 0 aliphatic carbocycles. The largest absolute Gasteiger partial charge is 0.489 e. The highest BCUT2D eigenvalue weighted by molar-refractivity contribution is 5.89. The van der Waals surface area contributed by atoms with E-state index in [0.29, 0.717) is 29.1 Å². The van der Waals surface area contributed by atoms with Crippen molar-refractivity contribution in [2.24, 2.45) is 0 Å². The molecule has 0 fully saturated rings. The molecule has 5 heteroatoms. The highest BCUT2D eigenvalue weighted by Crippen LogP contribution is 2.30. The average Bonchev–Trinajstić information content (AvgIpc) is 2.72. The first-order valence-corrected chi connectivity index (χ1v) is 8.93. The molecular formula is C24H18F3NO. The van der Waals surface area contributed by atoms with Crippen LogP contribution in [0.25, 0.3) is 11.6 Å². The molecule has 0 aromatic heterocycles. The molecule has 0 saturated heterocycles. The zero-order valence-corrected chi connectivity index (χ0v) is 15.7. The van der Waals surface area contributed by atoms with E-state index < -0.39 is 11.7 Å². The fourth-order valence-corrected chi connectivity index (χ4v) is 2.70. The van der Waals surface area contributed by atoms with Crippen LogP contribution < -0.4 is 4.74 Å². The third kappa shape index (κ3) is 5.49. The summed E-state index contributed by atoms with van der Waals surface area (Å²) in [6.07, 6.45) is -2.82. The topological polar surface area (TPSA) is 33.0 Å². The summed E-state index contributed by atoms with van der Waals surface area (Å²) in [5.74, 6) is 0.668. The third-order valence-electron chi connectivity index (χ3n) is 4.36. The lowest BCUT2D eigenvalue weighted by molar-refractivity contribution is -0.137. The molecule has 0 saturated carbocycles. The van der Waals surface area contributed by atoms with Crippen LogP contribution in [0.4, 0.5) is 13.2 Å². The van der Waals surface area contributed by atoms with E-state index in [4.69, 9.17) is 4.74 Å². The summed E-state index contributed by atoms with van der Waals surface area (Å²) in [6, 6.07) is 21.9. The molecule has 0 N–H and O–H groups in total. The van der Waals surface area contributed by atoms with Gasteiger partial charge in [0.15, 0.2) is 0 Å². The van der Waals surface area contributed by atoms with Gasteiger partial charge in [-0.3, -0.25) is 0 Å². The van der Waals surface area contributed by atoms with Crippen LogP contribution in [-0.2, 0) is 12.8 Å². The minimum atomic E-state index is -4.38. The number of aryl methyl sites for hydroxylation is 1. The molecule has 2 nitrogen and oxygen atoms in total. The first kappa shape index (κ1) is 20.2. The number of allylic oxidation sites excluding steroid dienone is 1. The molecule has 3 aromatic rings. The van der Waals surface area contributed by atoms with Gasteiger partial charge >= 0.3 is 6.18 Å². The van der Waals surface area contributed by atoms with Crippen molar-refractivity contribution in [3.05, 3.63) is 101 Å². The minimum Gasteiger partial charge on any atom is -0.489 e.